The molecule has 0 saturated carbocycles. The molecule has 0 aliphatic carbocycles. The zero-order valence-electron chi connectivity index (χ0n) is 14.9. The van der Waals surface area contributed by atoms with Gasteiger partial charge in [0.1, 0.15) is 11.6 Å². The highest BCUT2D eigenvalue weighted by atomic mass is 19.1. The number of hydrogen-bond acceptors (Lipinski definition) is 4. The highest BCUT2D eigenvalue weighted by molar-refractivity contribution is 6.16. The molecule has 1 saturated heterocycles. The van der Waals surface area contributed by atoms with Gasteiger partial charge in [-0.2, -0.15) is 5.10 Å². The smallest absolute Gasteiger partial charge is 0.268 e. The summed E-state index contributed by atoms with van der Waals surface area (Å²) >= 11 is 0. The van der Waals surface area contributed by atoms with Gasteiger partial charge in [0.25, 0.3) is 11.8 Å². The van der Waals surface area contributed by atoms with E-state index in [1.165, 1.54) is 11.1 Å². The van der Waals surface area contributed by atoms with Crippen molar-refractivity contribution < 1.29 is 23.5 Å². The molecule has 0 bridgehead atoms. The third kappa shape index (κ3) is 3.68. The third-order valence-electron chi connectivity index (χ3n) is 4.48. The minimum Gasteiger partial charge on any atom is -0.372 e. The zero-order valence-corrected chi connectivity index (χ0v) is 14.9. The average Bonchev–Trinajstić information content (AvgIpc) is 3.18. The molecule has 3 rings (SSSR count). The number of nitrogens with one attached hydrogen (secondary N) is 1. The van der Waals surface area contributed by atoms with Gasteiger partial charge in [0.15, 0.2) is 0 Å². The lowest BCUT2D eigenvalue weighted by Gasteiger charge is -2.21. The number of carbonyl (C=O) groups excluding carboxylic acids is 2. The lowest BCUT2D eigenvalue weighted by atomic mass is 10.0. The fraction of sp³-hybridized carbons (Fsp3) is 0.389. The molecule has 144 valence electrons. The second-order valence-corrected chi connectivity index (χ2v) is 6.80. The van der Waals surface area contributed by atoms with Crippen LogP contribution in [0.5, 0.6) is 0 Å². The van der Waals surface area contributed by atoms with Crippen LogP contribution in [0.4, 0.5) is 14.5 Å². The van der Waals surface area contributed by atoms with Gasteiger partial charge in [-0.25, -0.2) is 8.78 Å². The highest BCUT2D eigenvalue weighted by Gasteiger charge is 2.51. The number of hydrogen-bond donors (Lipinski definition) is 2. The second kappa shape index (κ2) is 7.07. The molecular formula is C18H20F2N4O3. The van der Waals surface area contributed by atoms with Crippen molar-refractivity contribution in [1.82, 2.24) is 15.1 Å². The number of halogens is 2. The Hall–Kier alpha value is -2.81. The van der Waals surface area contributed by atoms with Crippen LogP contribution < -0.4 is 10.2 Å². The van der Waals surface area contributed by atoms with Crippen molar-refractivity contribution in [2.75, 3.05) is 11.4 Å². The van der Waals surface area contributed by atoms with E-state index < -0.39 is 29.0 Å². The summed E-state index contributed by atoms with van der Waals surface area (Å²) in [5.41, 5.74) is -1.55. The van der Waals surface area contributed by atoms with Crippen LogP contribution in [-0.2, 0) is 16.1 Å². The molecule has 2 amide bonds. The SMILES string of the molecule is CC(C)n1cc(N2CCC(O)(C(=O)NCc3cc(F)cc(F)c3)C2=O)cn1. The summed E-state index contributed by atoms with van der Waals surface area (Å²) in [5.74, 6) is -3.21. The average molecular weight is 378 g/mol. The molecule has 1 atom stereocenters. The van der Waals surface area contributed by atoms with Crippen molar-refractivity contribution in [1.29, 1.82) is 0 Å². The summed E-state index contributed by atoms with van der Waals surface area (Å²) in [6.07, 6.45) is 3.07. The van der Waals surface area contributed by atoms with Crippen LogP contribution in [0.15, 0.2) is 30.6 Å². The van der Waals surface area contributed by atoms with Crippen LogP contribution in [0.1, 0.15) is 31.9 Å². The molecule has 1 unspecified atom stereocenters. The molecule has 27 heavy (non-hydrogen) atoms. The minimum atomic E-state index is -2.23. The molecule has 2 heterocycles. The van der Waals surface area contributed by atoms with Crippen molar-refractivity contribution in [2.45, 2.75) is 38.5 Å². The Bertz CT molecular complexity index is 863. The van der Waals surface area contributed by atoms with Crippen molar-refractivity contribution in [3.8, 4) is 0 Å². The van der Waals surface area contributed by atoms with E-state index in [1.807, 2.05) is 13.8 Å². The molecule has 9 heteroatoms. The Morgan fingerprint density at radius 1 is 1.33 bits per heavy atom. The van der Waals surface area contributed by atoms with Gasteiger partial charge in [0.05, 0.1) is 11.9 Å². The number of aliphatic hydroxyl groups is 1. The minimum absolute atomic E-state index is 0.0952. The molecular weight excluding hydrogens is 358 g/mol. The van der Waals surface area contributed by atoms with Crippen molar-refractivity contribution in [2.24, 2.45) is 0 Å². The van der Waals surface area contributed by atoms with Crippen LogP contribution >= 0.6 is 0 Å². The molecule has 0 spiro atoms. The normalized spacial score (nSPS) is 19.8. The Morgan fingerprint density at radius 2 is 2.00 bits per heavy atom. The van der Waals surface area contributed by atoms with Gasteiger partial charge in [-0.05, 0) is 31.5 Å². The second-order valence-electron chi connectivity index (χ2n) is 6.80. The van der Waals surface area contributed by atoms with E-state index in [2.05, 4.69) is 10.4 Å². The number of amides is 2. The van der Waals surface area contributed by atoms with E-state index >= 15 is 0 Å². The number of benzene rings is 1. The van der Waals surface area contributed by atoms with Crippen LogP contribution in [0.3, 0.4) is 0 Å². The van der Waals surface area contributed by atoms with Crippen LogP contribution in [-0.4, -0.2) is 38.8 Å². The van der Waals surface area contributed by atoms with Gasteiger partial charge in [0, 0.05) is 37.8 Å². The summed E-state index contributed by atoms with van der Waals surface area (Å²) < 4.78 is 28.1. The maximum absolute atomic E-state index is 13.2. The van der Waals surface area contributed by atoms with Crippen molar-refractivity contribution in [3.63, 3.8) is 0 Å². The molecule has 0 radical (unpaired) electrons. The van der Waals surface area contributed by atoms with E-state index in [-0.39, 0.29) is 31.1 Å². The summed E-state index contributed by atoms with van der Waals surface area (Å²) in [6.45, 7) is 3.80. The van der Waals surface area contributed by atoms with Crippen LogP contribution in [0, 0.1) is 11.6 Å². The zero-order chi connectivity index (χ0) is 19.8. The number of anilines is 1. The van der Waals surface area contributed by atoms with Gasteiger partial charge < -0.3 is 15.3 Å². The van der Waals surface area contributed by atoms with E-state index in [9.17, 15) is 23.5 Å². The summed E-state index contributed by atoms with van der Waals surface area (Å²) in [7, 11) is 0. The number of carbonyl (C=O) groups is 2. The molecule has 2 N–H and O–H groups in total. The topological polar surface area (TPSA) is 87.5 Å². The Labute approximate surface area is 154 Å². The van der Waals surface area contributed by atoms with Crippen LogP contribution in [0.25, 0.3) is 0 Å². The first-order valence-electron chi connectivity index (χ1n) is 8.52. The predicted molar refractivity (Wildman–Crippen MR) is 92.7 cm³/mol. The van der Waals surface area contributed by atoms with Crippen LogP contribution in [0.2, 0.25) is 0 Å². The van der Waals surface area contributed by atoms with E-state index in [0.29, 0.717) is 11.8 Å². The molecule has 1 aliphatic heterocycles. The third-order valence-corrected chi connectivity index (χ3v) is 4.48. The van der Waals surface area contributed by atoms with E-state index in [1.54, 1.807) is 10.9 Å². The fourth-order valence-electron chi connectivity index (χ4n) is 2.95. The largest absolute Gasteiger partial charge is 0.372 e. The molecule has 7 nitrogen and oxygen atoms in total. The quantitative estimate of drug-likeness (QED) is 0.773. The Kier molecular flexibility index (Phi) is 4.97. The van der Waals surface area contributed by atoms with Gasteiger partial charge >= 0.3 is 0 Å². The number of nitrogens with zero attached hydrogens (tertiary/aromatic N) is 3. The van der Waals surface area contributed by atoms with E-state index in [4.69, 9.17) is 0 Å². The fourth-order valence-corrected chi connectivity index (χ4v) is 2.95. The summed E-state index contributed by atoms with van der Waals surface area (Å²) in [6, 6.07) is 2.95. The highest BCUT2D eigenvalue weighted by Crippen LogP contribution is 2.29. The maximum atomic E-state index is 13.2. The molecule has 1 aliphatic rings. The van der Waals surface area contributed by atoms with Crippen molar-refractivity contribution >= 4 is 17.5 Å². The monoisotopic (exact) mass is 378 g/mol. The number of aromatic nitrogens is 2. The van der Waals surface area contributed by atoms with Crippen molar-refractivity contribution in [3.05, 3.63) is 47.8 Å². The maximum Gasteiger partial charge on any atom is 0.268 e. The summed E-state index contributed by atoms with van der Waals surface area (Å²) in [5, 5.41) is 17.1. The first-order valence-corrected chi connectivity index (χ1v) is 8.52. The molecule has 1 aromatic heterocycles. The van der Waals surface area contributed by atoms with Gasteiger partial charge in [-0.1, -0.05) is 0 Å². The number of rotatable bonds is 5. The molecule has 2 aromatic rings. The standard InChI is InChI=1S/C18H20F2N4O3/c1-11(2)24-10-15(9-22-24)23-4-3-18(27,17(23)26)16(25)21-8-12-5-13(19)7-14(20)6-12/h5-7,9-11,27H,3-4,8H2,1-2H3,(H,21,25). The van der Waals surface area contributed by atoms with E-state index in [0.717, 1.165) is 12.1 Å². The Morgan fingerprint density at radius 3 is 2.59 bits per heavy atom. The Balaban J connectivity index is 1.70. The lowest BCUT2D eigenvalue weighted by molar-refractivity contribution is -0.149. The van der Waals surface area contributed by atoms with Gasteiger partial charge in [0.2, 0.25) is 5.60 Å². The lowest BCUT2D eigenvalue weighted by Crippen LogP contribution is -2.52. The van der Waals surface area contributed by atoms with Gasteiger partial charge in [-0.3, -0.25) is 14.3 Å². The molecule has 1 fully saturated rings. The first kappa shape index (κ1) is 19.0. The van der Waals surface area contributed by atoms with Gasteiger partial charge in [-0.15, -0.1) is 0 Å². The summed E-state index contributed by atoms with van der Waals surface area (Å²) in [4.78, 5) is 26.3. The predicted octanol–water partition coefficient (Wildman–Crippen LogP) is 1.53. The molecule has 1 aromatic carbocycles. The first-order chi connectivity index (χ1) is 12.7.